The van der Waals surface area contributed by atoms with E-state index in [9.17, 15) is 13.6 Å². The topological polar surface area (TPSA) is 58.4 Å². The van der Waals surface area contributed by atoms with Gasteiger partial charge in [-0.05, 0) is 31.5 Å². The van der Waals surface area contributed by atoms with Gasteiger partial charge >= 0.3 is 0 Å². The molecule has 3 N–H and O–H groups in total. The molecule has 0 bridgehead atoms. The number of nitrogen functional groups attached to an aromatic ring is 1. The van der Waals surface area contributed by atoms with Crippen LogP contribution in [0.2, 0.25) is 0 Å². The van der Waals surface area contributed by atoms with Gasteiger partial charge in [0.05, 0.1) is 5.41 Å². The van der Waals surface area contributed by atoms with Gasteiger partial charge < -0.3 is 16.0 Å². The van der Waals surface area contributed by atoms with Crippen LogP contribution in [-0.4, -0.2) is 26.0 Å². The number of halogens is 2. The van der Waals surface area contributed by atoms with Crippen molar-refractivity contribution in [3.8, 4) is 0 Å². The lowest BCUT2D eigenvalue weighted by Crippen LogP contribution is -2.39. The summed E-state index contributed by atoms with van der Waals surface area (Å²) in [6, 6.07) is 4.51. The SMILES string of the molecule is CNC(=O)C1(C)CCN(c2ccc(N)cc2C(F)F)C1. The van der Waals surface area contributed by atoms with E-state index in [1.54, 1.807) is 19.2 Å². The summed E-state index contributed by atoms with van der Waals surface area (Å²) < 4.78 is 26.2. The fraction of sp³-hybridized carbons (Fsp3) is 0.500. The number of nitrogens with two attached hydrogens (primary N) is 1. The standard InChI is InChI=1S/C14H19F2N3O/c1-14(13(20)18-2)5-6-19(8-14)11-4-3-9(17)7-10(11)12(15)16/h3-4,7,12H,5-6,8,17H2,1-2H3,(H,18,20). The Morgan fingerprint density at radius 3 is 2.80 bits per heavy atom. The molecule has 1 unspecified atom stereocenters. The summed E-state index contributed by atoms with van der Waals surface area (Å²) in [5.41, 5.74) is 5.72. The lowest BCUT2D eigenvalue weighted by Gasteiger charge is -2.25. The molecule has 4 nitrogen and oxygen atoms in total. The van der Waals surface area contributed by atoms with Crippen LogP contribution in [-0.2, 0) is 4.79 Å². The third kappa shape index (κ3) is 2.55. The zero-order valence-electron chi connectivity index (χ0n) is 11.6. The third-order valence-corrected chi connectivity index (χ3v) is 3.88. The monoisotopic (exact) mass is 283 g/mol. The first-order valence-electron chi connectivity index (χ1n) is 6.52. The van der Waals surface area contributed by atoms with Gasteiger partial charge in [-0.1, -0.05) is 0 Å². The van der Waals surface area contributed by atoms with E-state index in [1.807, 2.05) is 11.8 Å². The largest absolute Gasteiger partial charge is 0.399 e. The highest BCUT2D eigenvalue weighted by Gasteiger charge is 2.40. The molecule has 1 aromatic carbocycles. The number of alkyl halides is 2. The second-order valence-electron chi connectivity index (χ2n) is 5.43. The summed E-state index contributed by atoms with van der Waals surface area (Å²) in [4.78, 5) is 13.7. The van der Waals surface area contributed by atoms with Gasteiger partial charge in [0.1, 0.15) is 0 Å². The summed E-state index contributed by atoms with van der Waals surface area (Å²) >= 11 is 0. The van der Waals surface area contributed by atoms with Crippen LogP contribution in [0.5, 0.6) is 0 Å². The molecule has 1 saturated heterocycles. The molecule has 0 saturated carbocycles. The molecule has 6 heteroatoms. The summed E-state index contributed by atoms with van der Waals surface area (Å²) in [7, 11) is 1.59. The molecule has 2 rings (SSSR count). The Bertz CT molecular complexity index is 521. The first kappa shape index (κ1) is 14.6. The molecule has 1 aliphatic rings. The number of benzene rings is 1. The lowest BCUT2D eigenvalue weighted by molar-refractivity contribution is -0.128. The number of carbonyl (C=O) groups excluding carboxylic acids is 1. The molecular weight excluding hydrogens is 264 g/mol. The average Bonchev–Trinajstić information content (AvgIpc) is 2.81. The van der Waals surface area contributed by atoms with E-state index in [0.29, 0.717) is 30.9 Å². The Hall–Kier alpha value is -1.85. The van der Waals surface area contributed by atoms with Crippen molar-refractivity contribution in [2.24, 2.45) is 5.41 Å². The molecular formula is C14H19F2N3O. The van der Waals surface area contributed by atoms with E-state index in [4.69, 9.17) is 5.73 Å². The predicted octanol–water partition coefficient (Wildman–Crippen LogP) is 2.17. The number of amides is 1. The molecule has 1 aliphatic heterocycles. The Labute approximate surface area is 116 Å². The molecule has 1 fully saturated rings. The van der Waals surface area contributed by atoms with E-state index >= 15 is 0 Å². The first-order valence-corrected chi connectivity index (χ1v) is 6.52. The van der Waals surface area contributed by atoms with E-state index in [-0.39, 0.29) is 11.5 Å². The summed E-state index contributed by atoms with van der Waals surface area (Å²) in [5.74, 6) is -0.0611. The van der Waals surface area contributed by atoms with E-state index in [0.717, 1.165) is 0 Å². The van der Waals surface area contributed by atoms with E-state index < -0.39 is 11.8 Å². The highest BCUT2D eigenvalue weighted by Crippen LogP contribution is 2.38. The maximum absolute atomic E-state index is 13.1. The average molecular weight is 283 g/mol. The molecule has 20 heavy (non-hydrogen) atoms. The van der Waals surface area contributed by atoms with Gasteiger partial charge in [-0.25, -0.2) is 8.78 Å². The van der Waals surface area contributed by atoms with E-state index in [1.165, 1.54) is 6.07 Å². The normalized spacial score (nSPS) is 22.4. The summed E-state index contributed by atoms with van der Waals surface area (Å²) in [6.45, 7) is 2.86. The van der Waals surface area contributed by atoms with Crippen LogP contribution < -0.4 is 16.0 Å². The maximum Gasteiger partial charge on any atom is 0.265 e. The molecule has 0 aliphatic carbocycles. The van der Waals surface area contributed by atoms with Gasteiger partial charge in [0, 0.05) is 37.1 Å². The Balaban J connectivity index is 2.29. The Kier molecular flexibility index (Phi) is 3.83. The number of hydrogen-bond donors (Lipinski definition) is 2. The molecule has 1 aromatic rings. The molecule has 0 aromatic heterocycles. The molecule has 1 heterocycles. The first-order chi connectivity index (χ1) is 9.37. The predicted molar refractivity (Wildman–Crippen MR) is 74.8 cm³/mol. The van der Waals surface area contributed by atoms with Crippen LogP contribution in [0, 0.1) is 5.41 Å². The number of hydrogen-bond acceptors (Lipinski definition) is 3. The van der Waals surface area contributed by atoms with Crippen molar-refractivity contribution in [2.45, 2.75) is 19.8 Å². The summed E-state index contributed by atoms with van der Waals surface area (Å²) in [5, 5.41) is 2.63. The van der Waals surface area contributed by atoms with Crippen molar-refractivity contribution in [1.29, 1.82) is 0 Å². The van der Waals surface area contributed by atoms with Gasteiger partial charge in [0.25, 0.3) is 6.43 Å². The Morgan fingerprint density at radius 2 is 2.20 bits per heavy atom. The molecule has 0 radical (unpaired) electrons. The summed E-state index contributed by atoms with van der Waals surface area (Å²) in [6.07, 6.45) is -1.94. The smallest absolute Gasteiger partial charge is 0.265 e. The van der Waals surface area contributed by atoms with Crippen LogP contribution in [0.15, 0.2) is 18.2 Å². The number of rotatable bonds is 3. The minimum Gasteiger partial charge on any atom is -0.399 e. The van der Waals surface area contributed by atoms with Crippen molar-refractivity contribution < 1.29 is 13.6 Å². The van der Waals surface area contributed by atoms with Crippen molar-refractivity contribution >= 4 is 17.3 Å². The van der Waals surface area contributed by atoms with Gasteiger partial charge in [-0.15, -0.1) is 0 Å². The van der Waals surface area contributed by atoms with Crippen molar-refractivity contribution in [3.05, 3.63) is 23.8 Å². The van der Waals surface area contributed by atoms with Gasteiger partial charge in [0.2, 0.25) is 5.91 Å². The van der Waals surface area contributed by atoms with Crippen molar-refractivity contribution in [3.63, 3.8) is 0 Å². The molecule has 0 spiro atoms. The maximum atomic E-state index is 13.1. The van der Waals surface area contributed by atoms with Crippen LogP contribution in [0.25, 0.3) is 0 Å². The molecule has 110 valence electrons. The van der Waals surface area contributed by atoms with Crippen molar-refractivity contribution in [1.82, 2.24) is 5.32 Å². The number of anilines is 2. The zero-order chi connectivity index (χ0) is 14.9. The third-order valence-electron chi connectivity index (χ3n) is 3.88. The second kappa shape index (κ2) is 5.26. The van der Waals surface area contributed by atoms with Gasteiger partial charge in [-0.3, -0.25) is 4.79 Å². The Morgan fingerprint density at radius 1 is 1.50 bits per heavy atom. The zero-order valence-corrected chi connectivity index (χ0v) is 11.6. The second-order valence-corrected chi connectivity index (χ2v) is 5.43. The number of nitrogens with zero attached hydrogens (tertiary/aromatic N) is 1. The number of carbonyl (C=O) groups is 1. The molecule has 1 atom stereocenters. The number of nitrogens with one attached hydrogen (secondary N) is 1. The minimum atomic E-state index is -2.58. The minimum absolute atomic E-state index is 0.0611. The highest BCUT2D eigenvalue weighted by atomic mass is 19.3. The lowest BCUT2D eigenvalue weighted by atomic mass is 9.89. The van der Waals surface area contributed by atoms with E-state index in [2.05, 4.69) is 5.32 Å². The quantitative estimate of drug-likeness (QED) is 0.836. The fourth-order valence-electron chi connectivity index (χ4n) is 2.69. The van der Waals surface area contributed by atoms with Crippen molar-refractivity contribution in [2.75, 3.05) is 30.8 Å². The van der Waals surface area contributed by atoms with Gasteiger partial charge in [0.15, 0.2) is 0 Å². The molecule has 1 amide bonds. The van der Waals surface area contributed by atoms with Crippen LogP contribution in [0.3, 0.4) is 0 Å². The van der Waals surface area contributed by atoms with Crippen LogP contribution in [0.4, 0.5) is 20.2 Å². The fourth-order valence-corrected chi connectivity index (χ4v) is 2.69. The van der Waals surface area contributed by atoms with Crippen LogP contribution in [0.1, 0.15) is 25.3 Å². The highest BCUT2D eigenvalue weighted by molar-refractivity contribution is 5.83. The van der Waals surface area contributed by atoms with Gasteiger partial charge in [-0.2, -0.15) is 0 Å². The van der Waals surface area contributed by atoms with Crippen LogP contribution >= 0.6 is 0 Å².